The molecule has 1 atom stereocenters. The lowest BCUT2D eigenvalue weighted by molar-refractivity contribution is -0.147. The van der Waals surface area contributed by atoms with Crippen LogP contribution in [0.3, 0.4) is 0 Å². The molecule has 4 rings (SSSR count). The van der Waals surface area contributed by atoms with Crippen LogP contribution in [0.15, 0.2) is 30.6 Å². The molecule has 0 spiro atoms. The molecule has 0 radical (unpaired) electrons. The highest BCUT2D eigenvalue weighted by molar-refractivity contribution is 7.23. The van der Waals surface area contributed by atoms with Gasteiger partial charge >= 0.3 is 17.2 Å². The van der Waals surface area contributed by atoms with E-state index in [4.69, 9.17) is 18.6 Å². The van der Waals surface area contributed by atoms with Gasteiger partial charge in [-0.2, -0.15) is 0 Å². The van der Waals surface area contributed by atoms with E-state index in [0.29, 0.717) is 24.3 Å². The van der Waals surface area contributed by atoms with E-state index in [2.05, 4.69) is 13.8 Å². The van der Waals surface area contributed by atoms with E-state index < -0.39 is 11.3 Å². The van der Waals surface area contributed by atoms with E-state index in [-0.39, 0.29) is 29.2 Å². The lowest BCUT2D eigenvalue weighted by Gasteiger charge is -2.24. The second-order valence-electron chi connectivity index (χ2n) is 9.48. The molecule has 0 bridgehead atoms. The van der Waals surface area contributed by atoms with Crippen LogP contribution in [0.5, 0.6) is 0 Å². The largest absolute Gasteiger partial charge is 0.465 e. The number of ether oxygens (including phenoxy) is 1. The Bertz CT molecular complexity index is 1460. The number of carbonyl (C=O) groups excluding carboxylic acids is 1. The van der Waals surface area contributed by atoms with Crippen molar-refractivity contribution in [2.75, 3.05) is 6.61 Å². The number of esters is 1. The average molecular weight is 473 g/mol. The molecule has 0 aliphatic heterocycles. The minimum atomic E-state index is -1.04. The average Bonchev–Trinajstić information content (AvgIpc) is 3.23. The molecule has 4 aromatic rings. The third-order valence-corrected chi connectivity index (χ3v) is 6.76. The van der Waals surface area contributed by atoms with E-state index in [9.17, 15) is 14.4 Å². The summed E-state index contributed by atoms with van der Waals surface area (Å²) >= 11 is 1.46. The summed E-state index contributed by atoms with van der Waals surface area (Å²) < 4.78 is 18.9. The van der Waals surface area contributed by atoms with Crippen LogP contribution in [0.1, 0.15) is 58.3 Å². The van der Waals surface area contributed by atoms with E-state index >= 15 is 0 Å². The number of aryl methyl sites for hydroxylation is 1. The zero-order valence-electron chi connectivity index (χ0n) is 19.5. The number of hydrogen-bond donors (Lipinski definition) is 0. The highest BCUT2D eigenvalue weighted by Gasteiger charge is 2.27. The van der Waals surface area contributed by atoms with Gasteiger partial charge in [0, 0.05) is 17.5 Å². The molecule has 1 aromatic carbocycles. The monoisotopic (exact) mass is 472 g/mol. The summed E-state index contributed by atoms with van der Waals surface area (Å²) in [4.78, 5) is 41.2. The van der Waals surface area contributed by atoms with Gasteiger partial charge < -0.3 is 13.6 Å². The minimum absolute atomic E-state index is 0.178. The number of carbonyl (C=O) groups is 1. The molecule has 1 unspecified atom stereocenters. The fourth-order valence-electron chi connectivity index (χ4n) is 4.14. The van der Waals surface area contributed by atoms with Crippen LogP contribution in [-0.4, -0.2) is 22.0 Å². The van der Waals surface area contributed by atoms with Crippen molar-refractivity contribution in [3.8, 4) is 0 Å². The van der Waals surface area contributed by atoms with Gasteiger partial charge in [-0.25, -0.2) is 14.6 Å². The van der Waals surface area contributed by atoms with Gasteiger partial charge in [-0.15, -0.1) is 0 Å². The van der Waals surface area contributed by atoms with Gasteiger partial charge in [-0.3, -0.25) is 9.20 Å². The predicted octanol–water partition coefficient (Wildman–Crippen LogP) is 4.86. The minimum Gasteiger partial charge on any atom is -0.465 e. The second-order valence-corrected chi connectivity index (χ2v) is 10.5. The van der Waals surface area contributed by atoms with Crippen molar-refractivity contribution >= 4 is 43.6 Å². The number of fused-ring (bicyclic) bond motifs is 5. The molecule has 0 N–H and O–H groups in total. The summed E-state index contributed by atoms with van der Waals surface area (Å²) in [6.45, 7) is 10.5. The summed E-state index contributed by atoms with van der Waals surface area (Å²) in [5.41, 5.74) is 0.411. The van der Waals surface area contributed by atoms with Crippen LogP contribution in [0.25, 0.3) is 26.3 Å². The van der Waals surface area contributed by atoms with Crippen molar-refractivity contribution in [2.45, 2.75) is 60.3 Å². The molecule has 0 aliphatic carbocycles. The van der Waals surface area contributed by atoms with Crippen molar-refractivity contribution < 1.29 is 18.4 Å². The molecule has 176 valence electrons. The molecule has 0 amide bonds. The van der Waals surface area contributed by atoms with Crippen LogP contribution in [0.4, 0.5) is 0 Å². The maximum Gasteiger partial charge on any atom is 0.423 e. The van der Waals surface area contributed by atoms with Gasteiger partial charge in [0.2, 0.25) is 0 Å². The first-order valence-corrected chi connectivity index (χ1v) is 11.9. The van der Waals surface area contributed by atoms with Crippen molar-refractivity contribution in [1.82, 2.24) is 9.38 Å². The number of benzene rings is 1. The van der Waals surface area contributed by atoms with Crippen LogP contribution >= 0.6 is 11.3 Å². The normalized spacial score (nSPS) is 13.2. The standard InChI is InChI=1S/C24H28N2O6S/c1-6-7-13(2)10-18(27)30-12-24(4,5)11-15-14(3)25-23-26(15)19-17(33-23)9-8-16-20(19)32-22(29)21(28)31-16/h8-9,13H,6-7,10-12H2,1-5H3. The summed E-state index contributed by atoms with van der Waals surface area (Å²) in [7, 11) is 0. The maximum absolute atomic E-state index is 12.3. The maximum atomic E-state index is 12.3. The molecule has 0 fully saturated rings. The Morgan fingerprint density at radius 3 is 2.70 bits per heavy atom. The number of hydrogen-bond acceptors (Lipinski definition) is 8. The Morgan fingerprint density at radius 2 is 1.97 bits per heavy atom. The van der Waals surface area contributed by atoms with Crippen LogP contribution < -0.4 is 11.3 Å². The molecular formula is C24H28N2O6S. The number of imidazole rings is 1. The summed E-state index contributed by atoms with van der Waals surface area (Å²) in [6, 6.07) is 3.44. The predicted molar refractivity (Wildman–Crippen MR) is 127 cm³/mol. The number of rotatable bonds is 8. The first-order valence-electron chi connectivity index (χ1n) is 11.1. The first kappa shape index (κ1) is 23.2. The van der Waals surface area contributed by atoms with Crippen molar-refractivity contribution in [2.24, 2.45) is 11.3 Å². The number of nitrogens with zero attached hydrogens (tertiary/aromatic N) is 2. The smallest absolute Gasteiger partial charge is 0.423 e. The van der Waals surface area contributed by atoms with Gasteiger partial charge in [0.05, 0.1) is 17.0 Å². The van der Waals surface area contributed by atoms with Crippen LogP contribution in [0.2, 0.25) is 0 Å². The number of aromatic nitrogens is 2. The zero-order chi connectivity index (χ0) is 23.9. The Hall–Kier alpha value is -2.94. The zero-order valence-corrected chi connectivity index (χ0v) is 20.3. The molecule has 33 heavy (non-hydrogen) atoms. The van der Waals surface area contributed by atoms with Crippen molar-refractivity contribution in [3.63, 3.8) is 0 Å². The van der Waals surface area contributed by atoms with Crippen LogP contribution in [-0.2, 0) is 16.0 Å². The summed E-state index contributed by atoms with van der Waals surface area (Å²) in [5.74, 6) is 0.130. The third-order valence-electron chi connectivity index (χ3n) is 5.76. The fraction of sp³-hybridized carbons (Fsp3) is 0.500. The quantitative estimate of drug-likeness (QED) is 0.266. The van der Waals surface area contributed by atoms with Gasteiger partial charge in [0.25, 0.3) is 0 Å². The lowest BCUT2D eigenvalue weighted by atomic mass is 9.88. The Kier molecular flexibility index (Phi) is 6.18. The van der Waals surface area contributed by atoms with Gasteiger partial charge in [-0.05, 0) is 31.4 Å². The first-order chi connectivity index (χ1) is 15.6. The summed E-state index contributed by atoms with van der Waals surface area (Å²) in [6.07, 6.45) is 3.05. The van der Waals surface area contributed by atoms with Gasteiger partial charge in [0.15, 0.2) is 16.1 Å². The lowest BCUT2D eigenvalue weighted by Crippen LogP contribution is -2.26. The number of thiazole rings is 1. The highest BCUT2D eigenvalue weighted by atomic mass is 32.1. The van der Waals surface area contributed by atoms with E-state index in [1.54, 1.807) is 6.07 Å². The molecule has 0 saturated heterocycles. The summed E-state index contributed by atoms with van der Waals surface area (Å²) in [5, 5.41) is 0. The SMILES string of the molecule is CCCC(C)CC(=O)OCC(C)(C)Cc1c(C)nc2sc3ccc4oc(=O)c(=O)oc4c3n12. The topological polar surface area (TPSA) is 104 Å². The third kappa shape index (κ3) is 4.59. The fourth-order valence-corrected chi connectivity index (χ4v) is 5.23. The van der Waals surface area contributed by atoms with E-state index in [1.165, 1.54) is 11.3 Å². The molecule has 3 aromatic heterocycles. The van der Waals surface area contributed by atoms with Crippen molar-refractivity contribution in [3.05, 3.63) is 44.4 Å². The van der Waals surface area contributed by atoms with Crippen molar-refractivity contribution in [1.29, 1.82) is 0 Å². The molecule has 3 heterocycles. The van der Waals surface area contributed by atoms with E-state index in [1.807, 2.05) is 31.2 Å². The van der Waals surface area contributed by atoms with Crippen LogP contribution in [0, 0.1) is 18.3 Å². The molecular weight excluding hydrogens is 444 g/mol. The molecule has 0 aliphatic rings. The van der Waals surface area contributed by atoms with E-state index in [0.717, 1.165) is 33.9 Å². The molecule has 8 nitrogen and oxygen atoms in total. The second kappa shape index (κ2) is 8.78. The van der Waals surface area contributed by atoms with Gasteiger partial charge in [0.1, 0.15) is 5.52 Å². The Balaban J connectivity index is 1.69. The molecule has 9 heteroatoms. The Labute approximate surface area is 194 Å². The van der Waals surface area contributed by atoms with Gasteiger partial charge in [-0.1, -0.05) is 51.9 Å². The highest BCUT2D eigenvalue weighted by Crippen LogP contribution is 2.35. The Morgan fingerprint density at radius 1 is 1.24 bits per heavy atom. The molecule has 0 saturated carbocycles.